The summed E-state index contributed by atoms with van der Waals surface area (Å²) in [5, 5.41) is 6.89. The van der Waals surface area contributed by atoms with Crippen molar-refractivity contribution in [2.75, 3.05) is 12.4 Å². The van der Waals surface area contributed by atoms with Gasteiger partial charge in [-0.05, 0) is 56.3 Å². The van der Waals surface area contributed by atoms with Crippen LogP contribution in [0.2, 0.25) is 0 Å². The molecule has 0 spiro atoms. The Kier molecular flexibility index (Phi) is 5.92. The standard InChI is InChI=1S/C21H20FN3O4/c1-13(2)29-19-8-7-14(21(27)28-3)11-18(19)23-20(26)17-9-10-25(24-17)16-6-4-5-15(22)12-16/h4-13H,1-3H3,(H,23,26). The number of nitrogens with zero attached hydrogens (tertiary/aromatic N) is 2. The van der Waals surface area contributed by atoms with Crippen LogP contribution in [0.3, 0.4) is 0 Å². The van der Waals surface area contributed by atoms with E-state index >= 15 is 0 Å². The smallest absolute Gasteiger partial charge is 0.337 e. The Morgan fingerprint density at radius 3 is 2.62 bits per heavy atom. The van der Waals surface area contributed by atoms with Crippen LogP contribution in [0.4, 0.5) is 10.1 Å². The zero-order valence-electron chi connectivity index (χ0n) is 16.2. The van der Waals surface area contributed by atoms with E-state index < -0.39 is 17.7 Å². The van der Waals surface area contributed by atoms with Crippen LogP contribution in [0.25, 0.3) is 5.69 Å². The van der Waals surface area contributed by atoms with Crippen LogP contribution in [0.1, 0.15) is 34.7 Å². The fraction of sp³-hybridized carbons (Fsp3) is 0.190. The molecule has 2 aromatic carbocycles. The molecule has 3 aromatic rings. The van der Waals surface area contributed by atoms with Gasteiger partial charge >= 0.3 is 5.97 Å². The summed E-state index contributed by atoms with van der Waals surface area (Å²) < 4.78 is 25.2. The van der Waals surface area contributed by atoms with E-state index in [1.54, 1.807) is 30.5 Å². The molecule has 1 N–H and O–H groups in total. The fourth-order valence-corrected chi connectivity index (χ4v) is 2.62. The van der Waals surface area contributed by atoms with E-state index in [9.17, 15) is 14.0 Å². The summed E-state index contributed by atoms with van der Waals surface area (Å²) in [7, 11) is 1.28. The lowest BCUT2D eigenvalue weighted by atomic mass is 10.1. The van der Waals surface area contributed by atoms with Gasteiger partial charge in [0.1, 0.15) is 11.6 Å². The van der Waals surface area contributed by atoms with Gasteiger partial charge in [0.05, 0.1) is 30.2 Å². The Labute approximate surface area is 167 Å². The topological polar surface area (TPSA) is 82.5 Å². The average Bonchev–Trinajstić information content (AvgIpc) is 3.19. The SMILES string of the molecule is COC(=O)c1ccc(OC(C)C)c(NC(=O)c2ccn(-c3cccc(F)c3)n2)c1. The third kappa shape index (κ3) is 4.78. The maximum Gasteiger partial charge on any atom is 0.337 e. The first kappa shape index (κ1) is 20.1. The Bertz CT molecular complexity index is 1050. The molecule has 0 unspecified atom stereocenters. The van der Waals surface area contributed by atoms with Crippen LogP contribution >= 0.6 is 0 Å². The van der Waals surface area contributed by atoms with Gasteiger partial charge in [-0.3, -0.25) is 4.79 Å². The Morgan fingerprint density at radius 2 is 1.93 bits per heavy atom. The third-order valence-electron chi connectivity index (χ3n) is 3.91. The summed E-state index contributed by atoms with van der Waals surface area (Å²) in [6, 6.07) is 12.0. The zero-order valence-corrected chi connectivity index (χ0v) is 16.2. The normalized spacial score (nSPS) is 10.7. The van der Waals surface area contributed by atoms with Crippen LogP contribution in [0.5, 0.6) is 5.75 Å². The molecule has 0 aliphatic heterocycles. The number of hydrogen-bond donors (Lipinski definition) is 1. The van der Waals surface area contributed by atoms with E-state index in [2.05, 4.69) is 10.4 Å². The van der Waals surface area contributed by atoms with Crippen LogP contribution < -0.4 is 10.1 Å². The molecule has 8 heteroatoms. The number of amides is 1. The van der Waals surface area contributed by atoms with E-state index in [-0.39, 0.29) is 17.4 Å². The number of halogens is 1. The lowest BCUT2D eigenvalue weighted by molar-refractivity contribution is 0.0600. The first-order chi connectivity index (χ1) is 13.9. The maximum atomic E-state index is 13.4. The van der Waals surface area contributed by atoms with E-state index in [0.29, 0.717) is 17.1 Å². The third-order valence-corrected chi connectivity index (χ3v) is 3.91. The molecule has 0 bridgehead atoms. The molecule has 0 aliphatic carbocycles. The number of anilines is 1. The minimum Gasteiger partial charge on any atom is -0.489 e. The van der Waals surface area contributed by atoms with Gasteiger partial charge in [-0.2, -0.15) is 5.10 Å². The van der Waals surface area contributed by atoms with E-state index in [0.717, 1.165) is 0 Å². The predicted molar refractivity (Wildman–Crippen MR) is 105 cm³/mol. The molecular formula is C21H20FN3O4. The predicted octanol–water partition coefficient (Wildman–Crippen LogP) is 3.84. The molecule has 29 heavy (non-hydrogen) atoms. The highest BCUT2D eigenvalue weighted by Crippen LogP contribution is 2.28. The van der Waals surface area contributed by atoms with Gasteiger partial charge in [0.25, 0.3) is 5.91 Å². The van der Waals surface area contributed by atoms with Crippen molar-refractivity contribution in [2.45, 2.75) is 20.0 Å². The number of esters is 1. The van der Waals surface area contributed by atoms with Crippen molar-refractivity contribution in [1.82, 2.24) is 9.78 Å². The number of carbonyl (C=O) groups excluding carboxylic acids is 2. The minimum atomic E-state index is -0.535. The highest BCUT2D eigenvalue weighted by atomic mass is 19.1. The van der Waals surface area contributed by atoms with Crippen molar-refractivity contribution in [1.29, 1.82) is 0 Å². The summed E-state index contributed by atoms with van der Waals surface area (Å²) in [5.41, 5.74) is 1.19. The van der Waals surface area contributed by atoms with Crippen LogP contribution in [0, 0.1) is 5.82 Å². The summed E-state index contributed by atoms with van der Waals surface area (Å²) in [5.74, 6) is -1.03. The monoisotopic (exact) mass is 397 g/mol. The average molecular weight is 397 g/mol. The number of carbonyl (C=O) groups is 2. The molecule has 1 heterocycles. The van der Waals surface area contributed by atoms with Crippen molar-refractivity contribution < 1.29 is 23.5 Å². The number of ether oxygens (including phenoxy) is 2. The fourth-order valence-electron chi connectivity index (χ4n) is 2.62. The van der Waals surface area contributed by atoms with Gasteiger partial charge in [-0.1, -0.05) is 6.07 Å². The minimum absolute atomic E-state index is 0.119. The Hall–Kier alpha value is -3.68. The summed E-state index contributed by atoms with van der Waals surface area (Å²) in [6.07, 6.45) is 1.42. The van der Waals surface area contributed by atoms with Crippen molar-refractivity contribution in [3.8, 4) is 11.4 Å². The summed E-state index contributed by atoms with van der Waals surface area (Å²) in [4.78, 5) is 24.5. The van der Waals surface area contributed by atoms with Gasteiger partial charge in [0, 0.05) is 6.20 Å². The highest BCUT2D eigenvalue weighted by Gasteiger charge is 2.17. The first-order valence-corrected chi connectivity index (χ1v) is 8.89. The quantitative estimate of drug-likeness (QED) is 0.639. The molecule has 1 aromatic heterocycles. The summed E-state index contributed by atoms with van der Waals surface area (Å²) >= 11 is 0. The number of nitrogens with one attached hydrogen (secondary N) is 1. The molecule has 3 rings (SSSR count). The van der Waals surface area contributed by atoms with Crippen LogP contribution in [-0.2, 0) is 4.74 Å². The molecular weight excluding hydrogens is 377 g/mol. The van der Waals surface area contributed by atoms with Crippen LogP contribution in [-0.4, -0.2) is 34.9 Å². The van der Waals surface area contributed by atoms with Gasteiger partial charge < -0.3 is 14.8 Å². The van der Waals surface area contributed by atoms with Crippen molar-refractivity contribution in [2.24, 2.45) is 0 Å². The summed E-state index contributed by atoms with van der Waals surface area (Å²) in [6.45, 7) is 3.70. The zero-order chi connectivity index (χ0) is 21.0. The number of methoxy groups -OCH3 is 1. The van der Waals surface area contributed by atoms with Gasteiger partial charge in [-0.15, -0.1) is 0 Å². The van der Waals surface area contributed by atoms with Crippen molar-refractivity contribution >= 4 is 17.6 Å². The largest absolute Gasteiger partial charge is 0.489 e. The molecule has 0 atom stereocenters. The molecule has 1 amide bonds. The second kappa shape index (κ2) is 8.55. The van der Waals surface area contributed by atoms with Gasteiger partial charge in [-0.25, -0.2) is 13.9 Å². The Balaban J connectivity index is 1.87. The second-order valence-electron chi connectivity index (χ2n) is 6.45. The molecule has 0 saturated heterocycles. The lowest BCUT2D eigenvalue weighted by Crippen LogP contribution is -2.16. The molecule has 7 nitrogen and oxygen atoms in total. The van der Waals surface area contributed by atoms with Crippen molar-refractivity contribution in [3.63, 3.8) is 0 Å². The van der Waals surface area contributed by atoms with Crippen molar-refractivity contribution in [3.05, 3.63) is 71.8 Å². The first-order valence-electron chi connectivity index (χ1n) is 8.89. The molecule has 150 valence electrons. The molecule has 0 saturated carbocycles. The maximum absolute atomic E-state index is 13.4. The number of rotatable bonds is 6. The van der Waals surface area contributed by atoms with E-state index in [1.165, 1.54) is 36.1 Å². The van der Waals surface area contributed by atoms with Gasteiger partial charge in [0.15, 0.2) is 5.69 Å². The number of benzene rings is 2. The van der Waals surface area contributed by atoms with Crippen LogP contribution in [0.15, 0.2) is 54.7 Å². The van der Waals surface area contributed by atoms with E-state index in [1.807, 2.05) is 13.8 Å². The molecule has 0 radical (unpaired) electrons. The molecule has 0 fully saturated rings. The van der Waals surface area contributed by atoms with E-state index in [4.69, 9.17) is 9.47 Å². The number of hydrogen-bond acceptors (Lipinski definition) is 5. The number of aromatic nitrogens is 2. The second-order valence-corrected chi connectivity index (χ2v) is 6.45. The highest BCUT2D eigenvalue weighted by molar-refractivity contribution is 6.04. The molecule has 0 aliphatic rings. The lowest BCUT2D eigenvalue weighted by Gasteiger charge is -2.15. The Morgan fingerprint density at radius 1 is 1.14 bits per heavy atom. The van der Waals surface area contributed by atoms with Gasteiger partial charge in [0.2, 0.25) is 0 Å².